The number of carboxylic acid groups (broad SMARTS) is 1. The number of aliphatic carboxylic acids is 1. The lowest BCUT2D eigenvalue weighted by atomic mass is 9.79. The monoisotopic (exact) mass is 280 g/mol. The van der Waals surface area contributed by atoms with Gasteiger partial charge in [-0.05, 0) is 18.9 Å². The van der Waals surface area contributed by atoms with Crippen LogP contribution in [0.1, 0.15) is 37.4 Å². The zero-order chi connectivity index (χ0) is 14.3. The third kappa shape index (κ3) is 2.15. The Morgan fingerprint density at radius 2 is 2.05 bits per heavy atom. The molecular formula is C14H14F2N2O2. The molecule has 0 saturated heterocycles. The highest BCUT2D eigenvalue weighted by Crippen LogP contribution is 2.37. The minimum atomic E-state index is -0.859. The molecule has 6 heteroatoms. The van der Waals surface area contributed by atoms with Gasteiger partial charge in [-0.25, -0.2) is 13.8 Å². The van der Waals surface area contributed by atoms with Crippen molar-refractivity contribution >= 4 is 17.0 Å². The van der Waals surface area contributed by atoms with E-state index >= 15 is 0 Å². The maximum absolute atomic E-state index is 13.6. The first-order chi connectivity index (χ1) is 9.56. The van der Waals surface area contributed by atoms with E-state index in [1.165, 1.54) is 6.07 Å². The lowest BCUT2D eigenvalue weighted by Gasteiger charge is -2.26. The van der Waals surface area contributed by atoms with Crippen molar-refractivity contribution in [2.45, 2.75) is 31.6 Å². The van der Waals surface area contributed by atoms with Crippen LogP contribution in [-0.4, -0.2) is 21.0 Å². The number of nitrogens with one attached hydrogen (secondary N) is 1. The molecule has 0 amide bonds. The molecule has 0 radical (unpaired) electrons. The highest BCUT2D eigenvalue weighted by Gasteiger charge is 2.34. The minimum Gasteiger partial charge on any atom is -0.481 e. The molecule has 1 fully saturated rings. The number of carbonyl (C=O) groups is 1. The first-order valence-corrected chi connectivity index (χ1v) is 6.63. The van der Waals surface area contributed by atoms with Crippen molar-refractivity contribution in [2.24, 2.45) is 5.92 Å². The molecule has 2 atom stereocenters. The number of hydrogen-bond acceptors (Lipinski definition) is 2. The number of imidazole rings is 1. The Balaban J connectivity index is 2.04. The van der Waals surface area contributed by atoms with Crippen LogP contribution in [0, 0.1) is 17.6 Å². The van der Waals surface area contributed by atoms with E-state index in [2.05, 4.69) is 9.97 Å². The van der Waals surface area contributed by atoms with Crippen LogP contribution in [0.5, 0.6) is 0 Å². The van der Waals surface area contributed by atoms with Gasteiger partial charge in [-0.3, -0.25) is 4.79 Å². The molecule has 1 aromatic heterocycles. The van der Waals surface area contributed by atoms with E-state index in [1.807, 2.05) is 0 Å². The summed E-state index contributed by atoms with van der Waals surface area (Å²) in [6.07, 6.45) is 3.08. The summed E-state index contributed by atoms with van der Waals surface area (Å²) in [7, 11) is 0. The quantitative estimate of drug-likeness (QED) is 0.887. The Morgan fingerprint density at radius 1 is 1.30 bits per heavy atom. The molecule has 1 aliphatic carbocycles. The van der Waals surface area contributed by atoms with Gasteiger partial charge in [0.15, 0.2) is 5.82 Å². The zero-order valence-corrected chi connectivity index (χ0v) is 10.7. The topological polar surface area (TPSA) is 66.0 Å². The van der Waals surface area contributed by atoms with Crippen molar-refractivity contribution in [3.63, 3.8) is 0 Å². The lowest BCUT2D eigenvalue weighted by Crippen LogP contribution is -2.26. The molecule has 3 rings (SSSR count). The van der Waals surface area contributed by atoms with Gasteiger partial charge in [0.1, 0.15) is 17.2 Å². The second-order valence-corrected chi connectivity index (χ2v) is 5.24. The molecule has 0 aliphatic heterocycles. The smallest absolute Gasteiger partial charge is 0.307 e. The van der Waals surface area contributed by atoms with E-state index < -0.39 is 23.5 Å². The molecule has 1 heterocycles. The van der Waals surface area contributed by atoms with Gasteiger partial charge >= 0.3 is 5.97 Å². The number of nitrogens with zero attached hydrogens (tertiary/aromatic N) is 1. The molecule has 2 N–H and O–H groups in total. The van der Waals surface area contributed by atoms with Gasteiger partial charge in [0.25, 0.3) is 0 Å². The van der Waals surface area contributed by atoms with Crippen molar-refractivity contribution in [3.8, 4) is 0 Å². The molecule has 1 saturated carbocycles. The fourth-order valence-corrected chi connectivity index (χ4v) is 2.99. The standard InChI is InChI=1S/C14H14F2N2O2/c15-7-5-10(16)12-11(6-7)17-13(18-12)8-3-1-2-4-9(8)14(19)20/h5-6,8-9H,1-4H2,(H,17,18)(H,19,20). The van der Waals surface area contributed by atoms with Crippen LogP contribution in [0.4, 0.5) is 8.78 Å². The van der Waals surface area contributed by atoms with Gasteiger partial charge in [-0.1, -0.05) is 12.8 Å². The number of aromatic amines is 1. The fourth-order valence-electron chi connectivity index (χ4n) is 2.99. The van der Waals surface area contributed by atoms with E-state index in [9.17, 15) is 18.7 Å². The van der Waals surface area contributed by atoms with E-state index in [0.29, 0.717) is 18.7 Å². The van der Waals surface area contributed by atoms with Gasteiger partial charge in [0, 0.05) is 12.0 Å². The first kappa shape index (κ1) is 13.0. The number of benzene rings is 1. The van der Waals surface area contributed by atoms with E-state index in [1.54, 1.807) is 0 Å². The number of hydrogen-bond donors (Lipinski definition) is 2. The van der Waals surface area contributed by atoms with E-state index in [4.69, 9.17) is 0 Å². The van der Waals surface area contributed by atoms with Crippen LogP contribution < -0.4 is 0 Å². The van der Waals surface area contributed by atoms with Crippen LogP contribution in [-0.2, 0) is 4.79 Å². The number of fused-ring (bicyclic) bond motifs is 1. The molecule has 1 aliphatic rings. The maximum atomic E-state index is 13.6. The molecule has 0 bridgehead atoms. The van der Waals surface area contributed by atoms with Crippen molar-refractivity contribution in [1.29, 1.82) is 0 Å². The Bertz CT molecular complexity index is 668. The average Bonchev–Trinajstić information content (AvgIpc) is 2.82. The van der Waals surface area contributed by atoms with Gasteiger partial charge in [-0.15, -0.1) is 0 Å². The molecule has 2 aromatic rings. The van der Waals surface area contributed by atoms with Gasteiger partial charge in [-0.2, -0.15) is 0 Å². The minimum absolute atomic E-state index is 0.0658. The van der Waals surface area contributed by atoms with E-state index in [0.717, 1.165) is 18.9 Å². The predicted molar refractivity (Wildman–Crippen MR) is 68.3 cm³/mol. The Morgan fingerprint density at radius 3 is 2.80 bits per heavy atom. The number of halogens is 2. The molecule has 20 heavy (non-hydrogen) atoms. The summed E-state index contributed by atoms with van der Waals surface area (Å²) in [4.78, 5) is 18.3. The highest BCUT2D eigenvalue weighted by atomic mass is 19.1. The van der Waals surface area contributed by atoms with Gasteiger partial charge < -0.3 is 10.1 Å². The zero-order valence-electron chi connectivity index (χ0n) is 10.7. The van der Waals surface area contributed by atoms with Crippen LogP contribution in [0.3, 0.4) is 0 Å². The predicted octanol–water partition coefficient (Wildman–Crippen LogP) is 3.20. The largest absolute Gasteiger partial charge is 0.481 e. The fraction of sp³-hybridized carbons (Fsp3) is 0.429. The number of aromatic nitrogens is 2. The second kappa shape index (κ2) is 4.85. The summed E-state index contributed by atoms with van der Waals surface area (Å²) in [6, 6.07) is 1.95. The molecule has 0 spiro atoms. The molecule has 2 unspecified atom stereocenters. The third-order valence-corrected chi connectivity index (χ3v) is 3.96. The van der Waals surface area contributed by atoms with Gasteiger partial charge in [0.05, 0.1) is 11.4 Å². The summed E-state index contributed by atoms with van der Waals surface area (Å²) in [5, 5.41) is 9.27. The van der Waals surface area contributed by atoms with Crippen LogP contribution in [0.15, 0.2) is 12.1 Å². The lowest BCUT2D eigenvalue weighted by molar-refractivity contribution is -0.143. The number of rotatable bonds is 2. The molecule has 106 valence electrons. The number of H-pyrrole nitrogens is 1. The van der Waals surface area contributed by atoms with Crippen molar-refractivity contribution in [1.82, 2.24) is 9.97 Å². The average molecular weight is 280 g/mol. The van der Waals surface area contributed by atoms with Crippen molar-refractivity contribution < 1.29 is 18.7 Å². The van der Waals surface area contributed by atoms with Crippen molar-refractivity contribution in [3.05, 3.63) is 29.6 Å². The SMILES string of the molecule is O=C(O)C1CCCCC1c1nc2c(F)cc(F)cc2[nH]1. The summed E-state index contributed by atoms with van der Waals surface area (Å²) in [5.41, 5.74) is 0.336. The normalized spacial score (nSPS) is 23.1. The highest BCUT2D eigenvalue weighted by molar-refractivity contribution is 5.76. The van der Waals surface area contributed by atoms with Crippen LogP contribution >= 0.6 is 0 Å². The summed E-state index contributed by atoms with van der Waals surface area (Å²) in [6.45, 7) is 0. The third-order valence-electron chi connectivity index (χ3n) is 3.96. The number of carboxylic acids is 1. The second-order valence-electron chi connectivity index (χ2n) is 5.24. The summed E-state index contributed by atoms with van der Waals surface area (Å²) >= 11 is 0. The summed E-state index contributed by atoms with van der Waals surface area (Å²) in [5.74, 6) is -2.61. The Hall–Kier alpha value is -1.98. The first-order valence-electron chi connectivity index (χ1n) is 6.63. The molecule has 4 nitrogen and oxygen atoms in total. The van der Waals surface area contributed by atoms with Crippen molar-refractivity contribution in [2.75, 3.05) is 0 Å². The maximum Gasteiger partial charge on any atom is 0.307 e. The molecular weight excluding hydrogens is 266 g/mol. The van der Waals surface area contributed by atoms with E-state index in [-0.39, 0.29) is 17.0 Å². The summed E-state index contributed by atoms with van der Waals surface area (Å²) < 4.78 is 26.8. The van der Waals surface area contributed by atoms with Crippen LogP contribution in [0.2, 0.25) is 0 Å². The Labute approximate surface area is 113 Å². The Kier molecular flexibility index (Phi) is 3.16. The van der Waals surface area contributed by atoms with Crippen LogP contribution in [0.25, 0.3) is 11.0 Å². The van der Waals surface area contributed by atoms with Gasteiger partial charge in [0.2, 0.25) is 0 Å². The molecule has 1 aromatic carbocycles.